The third kappa shape index (κ3) is 5.61. The summed E-state index contributed by atoms with van der Waals surface area (Å²) in [5, 5.41) is 8.86. The summed E-state index contributed by atoms with van der Waals surface area (Å²) in [4.78, 5) is 35.3. The highest BCUT2D eigenvalue weighted by molar-refractivity contribution is 9.09. The number of esters is 1. The van der Waals surface area contributed by atoms with Gasteiger partial charge in [-0.3, -0.25) is 14.4 Å². The fourth-order valence-electron chi connectivity index (χ4n) is 1.97. The van der Waals surface area contributed by atoms with Gasteiger partial charge in [-0.2, -0.15) is 0 Å². The lowest BCUT2D eigenvalue weighted by atomic mass is 9.74. The van der Waals surface area contributed by atoms with Crippen LogP contribution in [0.2, 0.25) is 0 Å². The molecule has 0 aromatic rings. The van der Waals surface area contributed by atoms with Crippen molar-refractivity contribution in [3.05, 3.63) is 0 Å². The number of ketones is 1. The predicted octanol–water partition coefficient (Wildman–Crippen LogP) is 2.80. The Morgan fingerprint density at radius 1 is 1.25 bits per heavy atom. The molecule has 5 nitrogen and oxygen atoms in total. The molecule has 1 atom stereocenters. The molecule has 0 rings (SSSR count). The van der Waals surface area contributed by atoms with Crippen LogP contribution in [0.4, 0.5) is 0 Å². The molecule has 0 bridgehead atoms. The number of alkyl halides is 1. The van der Waals surface area contributed by atoms with Crippen molar-refractivity contribution in [1.29, 1.82) is 0 Å². The molecule has 0 aromatic carbocycles. The van der Waals surface area contributed by atoms with Gasteiger partial charge in [0.2, 0.25) is 0 Å². The molecule has 0 radical (unpaired) electrons. The van der Waals surface area contributed by atoms with Gasteiger partial charge in [0.25, 0.3) is 0 Å². The summed E-state index contributed by atoms with van der Waals surface area (Å²) in [6, 6.07) is 0. The van der Waals surface area contributed by atoms with Crippen LogP contribution in [0.25, 0.3) is 0 Å². The van der Waals surface area contributed by atoms with Crippen LogP contribution in [-0.4, -0.2) is 34.8 Å². The fourth-order valence-corrected chi connectivity index (χ4v) is 2.51. The first kappa shape index (κ1) is 19.1. The smallest absolute Gasteiger partial charge is 0.319 e. The standard InChI is InChI=1S/C14H23BrO5/c1-4-20-13(19)14(11(16)9-15,7-5-10(2)3)8-6-12(17)18/h10H,4-9H2,1-3H3,(H,17,18). The van der Waals surface area contributed by atoms with Crippen molar-refractivity contribution >= 4 is 33.7 Å². The summed E-state index contributed by atoms with van der Waals surface area (Å²) in [5.74, 6) is -1.62. The molecule has 0 amide bonds. The van der Waals surface area contributed by atoms with Crippen molar-refractivity contribution in [3.8, 4) is 0 Å². The maximum Gasteiger partial charge on any atom is 0.319 e. The number of carboxylic acid groups (broad SMARTS) is 1. The van der Waals surface area contributed by atoms with Crippen LogP contribution in [0.3, 0.4) is 0 Å². The maximum absolute atomic E-state index is 12.2. The summed E-state index contributed by atoms with van der Waals surface area (Å²) in [6.07, 6.45) is 0.742. The van der Waals surface area contributed by atoms with Crippen LogP contribution in [0.5, 0.6) is 0 Å². The molecule has 0 aliphatic carbocycles. The second-order valence-corrected chi connectivity index (χ2v) is 5.75. The molecule has 6 heteroatoms. The first-order chi connectivity index (χ1) is 9.30. The molecule has 1 N–H and O–H groups in total. The number of carbonyl (C=O) groups excluding carboxylic acids is 2. The largest absolute Gasteiger partial charge is 0.481 e. The summed E-state index contributed by atoms with van der Waals surface area (Å²) < 4.78 is 5.02. The van der Waals surface area contributed by atoms with Crippen LogP contribution in [-0.2, 0) is 19.1 Å². The van der Waals surface area contributed by atoms with E-state index in [0.29, 0.717) is 18.8 Å². The van der Waals surface area contributed by atoms with Crippen molar-refractivity contribution in [2.75, 3.05) is 11.9 Å². The molecule has 0 saturated heterocycles. The third-order valence-corrected chi connectivity index (χ3v) is 3.74. The van der Waals surface area contributed by atoms with Crippen molar-refractivity contribution in [2.24, 2.45) is 11.3 Å². The average Bonchev–Trinajstić information content (AvgIpc) is 2.38. The van der Waals surface area contributed by atoms with E-state index in [1.165, 1.54) is 0 Å². The topological polar surface area (TPSA) is 80.7 Å². The van der Waals surface area contributed by atoms with E-state index < -0.39 is 17.4 Å². The number of carboxylic acids is 1. The highest BCUT2D eigenvalue weighted by atomic mass is 79.9. The van der Waals surface area contributed by atoms with Crippen molar-refractivity contribution in [3.63, 3.8) is 0 Å². The van der Waals surface area contributed by atoms with Crippen LogP contribution in [0.1, 0.15) is 46.5 Å². The van der Waals surface area contributed by atoms with Gasteiger partial charge in [-0.15, -0.1) is 0 Å². The summed E-state index contributed by atoms with van der Waals surface area (Å²) in [6.45, 7) is 5.82. The van der Waals surface area contributed by atoms with Gasteiger partial charge in [0.1, 0.15) is 5.41 Å². The van der Waals surface area contributed by atoms with Gasteiger partial charge in [-0.25, -0.2) is 0 Å². The minimum absolute atomic E-state index is 0.0156. The fraction of sp³-hybridized carbons (Fsp3) is 0.786. The van der Waals surface area contributed by atoms with Gasteiger partial charge >= 0.3 is 11.9 Å². The van der Waals surface area contributed by atoms with Crippen LogP contribution in [0, 0.1) is 11.3 Å². The Hall–Kier alpha value is -0.910. The minimum Gasteiger partial charge on any atom is -0.481 e. The third-order valence-electron chi connectivity index (χ3n) is 3.24. The molecule has 0 aromatic heterocycles. The molecule has 0 heterocycles. The Balaban J connectivity index is 5.31. The van der Waals surface area contributed by atoms with Crippen LogP contribution < -0.4 is 0 Å². The highest BCUT2D eigenvalue weighted by Gasteiger charge is 2.45. The number of carbonyl (C=O) groups is 3. The average molecular weight is 351 g/mol. The Morgan fingerprint density at radius 2 is 1.85 bits per heavy atom. The predicted molar refractivity (Wildman–Crippen MR) is 78.8 cm³/mol. The van der Waals surface area contributed by atoms with Gasteiger partial charge in [0.15, 0.2) is 5.78 Å². The van der Waals surface area contributed by atoms with Gasteiger partial charge in [0, 0.05) is 6.42 Å². The maximum atomic E-state index is 12.2. The number of ether oxygens (including phenoxy) is 1. The first-order valence-electron chi connectivity index (χ1n) is 6.78. The SMILES string of the molecule is CCOC(=O)C(CCC(=O)O)(CCC(C)C)C(=O)CBr. The van der Waals surface area contributed by atoms with Gasteiger partial charge in [-0.05, 0) is 32.1 Å². The van der Waals surface area contributed by atoms with Gasteiger partial charge in [0.05, 0.1) is 11.9 Å². The quantitative estimate of drug-likeness (QED) is 0.372. The van der Waals surface area contributed by atoms with E-state index in [4.69, 9.17) is 9.84 Å². The summed E-state index contributed by atoms with van der Waals surface area (Å²) in [7, 11) is 0. The van der Waals surface area contributed by atoms with Gasteiger partial charge in [-0.1, -0.05) is 29.8 Å². The van der Waals surface area contributed by atoms with Gasteiger partial charge < -0.3 is 9.84 Å². The highest BCUT2D eigenvalue weighted by Crippen LogP contribution is 2.35. The molecular formula is C14H23BrO5. The summed E-state index contributed by atoms with van der Waals surface area (Å²) in [5.41, 5.74) is -1.35. The Bertz CT molecular complexity index is 353. The molecule has 116 valence electrons. The van der Waals surface area contributed by atoms with Crippen molar-refractivity contribution in [1.82, 2.24) is 0 Å². The lowest BCUT2D eigenvalue weighted by Crippen LogP contribution is -2.42. The van der Waals surface area contributed by atoms with Crippen LogP contribution in [0.15, 0.2) is 0 Å². The molecule has 0 spiro atoms. The number of halogens is 1. The van der Waals surface area contributed by atoms with E-state index in [0.717, 1.165) is 0 Å². The number of hydrogen-bond donors (Lipinski definition) is 1. The van der Waals surface area contributed by atoms with Crippen molar-refractivity contribution in [2.45, 2.75) is 46.5 Å². The van der Waals surface area contributed by atoms with E-state index in [-0.39, 0.29) is 30.6 Å². The van der Waals surface area contributed by atoms with E-state index >= 15 is 0 Å². The first-order valence-corrected chi connectivity index (χ1v) is 7.90. The molecule has 20 heavy (non-hydrogen) atoms. The van der Waals surface area contributed by atoms with Crippen molar-refractivity contribution < 1.29 is 24.2 Å². The Kier molecular flexibility index (Phi) is 8.69. The number of Topliss-reactive ketones (excluding diaryl/α,β-unsaturated/α-hetero) is 1. The molecule has 0 fully saturated rings. The van der Waals surface area contributed by atoms with E-state index in [2.05, 4.69) is 15.9 Å². The summed E-state index contributed by atoms with van der Waals surface area (Å²) >= 11 is 3.08. The second kappa shape index (κ2) is 9.10. The zero-order valence-electron chi connectivity index (χ0n) is 12.3. The molecule has 1 unspecified atom stereocenters. The lowest BCUT2D eigenvalue weighted by Gasteiger charge is -2.29. The normalized spacial score (nSPS) is 13.8. The second-order valence-electron chi connectivity index (χ2n) is 5.19. The number of rotatable bonds is 10. The minimum atomic E-state index is -1.35. The Labute approximate surface area is 128 Å². The molecule has 0 aliphatic heterocycles. The lowest BCUT2D eigenvalue weighted by molar-refractivity contribution is -0.161. The van der Waals surface area contributed by atoms with E-state index in [1.54, 1.807) is 6.92 Å². The monoisotopic (exact) mass is 350 g/mol. The molecular weight excluding hydrogens is 328 g/mol. The molecule has 0 saturated carbocycles. The zero-order chi connectivity index (χ0) is 15.8. The van der Waals surface area contributed by atoms with E-state index in [1.807, 2.05) is 13.8 Å². The molecule has 0 aliphatic rings. The zero-order valence-corrected chi connectivity index (χ0v) is 13.9. The number of hydrogen-bond acceptors (Lipinski definition) is 4. The Morgan fingerprint density at radius 3 is 2.25 bits per heavy atom. The number of aliphatic carboxylic acids is 1. The van der Waals surface area contributed by atoms with E-state index in [9.17, 15) is 14.4 Å². The van der Waals surface area contributed by atoms with Crippen LogP contribution >= 0.6 is 15.9 Å².